The van der Waals surface area contributed by atoms with E-state index in [0.29, 0.717) is 18.0 Å². The number of nitrogens with zero attached hydrogens (tertiary/aromatic N) is 1. The number of hydrogen-bond donors (Lipinski definition) is 2. The van der Waals surface area contributed by atoms with Gasteiger partial charge in [0.2, 0.25) is 5.91 Å². The van der Waals surface area contributed by atoms with Gasteiger partial charge >= 0.3 is 12.2 Å². The molecule has 1 atom stereocenters. The molecule has 3 rings (SSSR count). The molecule has 9 heteroatoms. The van der Waals surface area contributed by atoms with Crippen LogP contribution < -0.4 is 20.3 Å². The van der Waals surface area contributed by atoms with E-state index in [-0.39, 0.29) is 24.6 Å². The summed E-state index contributed by atoms with van der Waals surface area (Å²) in [5, 5.41) is 4.78. The van der Waals surface area contributed by atoms with Gasteiger partial charge in [-0.2, -0.15) is 13.2 Å². The number of alkyl halides is 3. The average molecular weight is 407 g/mol. The van der Waals surface area contributed by atoms with Gasteiger partial charge in [0.25, 0.3) is 0 Å². The summed E-state index contributed by atoms with van der Waals surface area (Å²) in [7, 11) is 0. The van der Waals surface area contributed by atoms with E-state index in [1.807, 2.05) is 6.92 Å². The maximum Gasteiger partial charge on any atom is 0.418 e. The Morgan fingerprint density at radius 2 is 1.86 bits per heavy atom. The lowest BCUT2D eigenvalue weighted by atomic mass is 10.1. The highest BCUT2D eigenvalue weighted by atomic mass is 19.4. The van der Waals surface area contributed by atoms with Crippen molar-refractivity contribution in [2.45, 2.75) is 25.6 Å². The van der Waals surface area contributed by atoms with Crippen molar-refractivity contribution in [2.24, 2.45) is 0 Å². The molecule has 0 spiro atoms. The zero-order chi connectivity index (χ0) is 21.0. The van der Waals surface area contributed by atoms with Crippen molar-refractivity contribution in [1.29, 1.82) is 0 Å². The number of ether oxygens (including phenoxy) is 1. The van der Waals surface area contributed by atoms with E-state index in [9.17, 15) is 22.8 Å². The molecule has 0 bridgehead atoms. The van der Waals surface area contributed by atoms with Gasteiger partial charge in [0.15, 0.2) is 0 Å². The molecule has 1 fully saturated rings. The zero-order valence-electron chi connectivity index (χ0n) is 15.6. The first-order chi connectivity index (χ1) is 13.8. The van der Waals surface area contributed by atoms with E-state index in [4.69, 9.17) is 4.74 Å². The monoisotopic (exact) mass is 407 g/mol. The number of urea groups is 1. The van der Waals surface area contributed by atoms with E-state index in [1.54, 1.807) is 24.3 Å². The molecule has 1 aliphatic heterocycles. The number of carbonyl (C=O) groups is 2. The first-order valence-electron chi connectivity index (χ1n) is 9.05. The summed E-state index contributed by atoms with van der Waals surface area (Å²) in [5.74, 6) is 0.496. The number of anilines is 2. The van der Waals surface area contributed by atoms with Crippen LogP contribution in [0.2, 0.25) is 0 Å². The molecule has 29 heavy (non-hydrogen) atoms. The summed E-state index contributed by atoms with van der Waals surface area (Å²) in [6.45, 7) is 2.62. The third kappa shape index (κ3) is 4.98. The van der Waals surface area contributed by atoms with Gasteiger partial charge in [-0.1, -0.05) is 12.1 Å². The van der Waals surface area contributed by atoms with E-state index in [0.717, 1.165) is 6.07 Å². The molecular weight excluding hydrogens is 387 g/mol. The smallest absolute Gasteiger partial charge is 0.418 e. The number of benzene rings is 2. The number of halogens is 3. The third-order valence-electron chi connectivity index (χ3n) is 4.40. The Balaban J connectivity index is 1.62. The number of nitrogens with one attached hydrogen (secondary N) is 2. The molecule has 1 heterocycles. The second-order valence-corrected chi connectivity index (χ2v) is 6.47. The van der Waals surface area contributed by atoms with Gasteiger partial charge in [-0.15, -0.1) is 0 Å². The highest BCUT2D eigenvalue weighted by molar-refractivity contribution is 5.97. The summed E-state index contributed by atoms with van der Waals surface area (Å²) in [5.41, 5.74) is -0.621. The largest absolute Gasteiger partial charge is 0.494 e. The quantitative estimate of drug-likeness (QED) is 0.786. The Morgan fingerprint density at radius 3 is 2.52 bits per heavy atom. The molecule has 6 nitrogen and oxygen atoms in total. The van der Waals surface area contributed by atoms with E-state index >= 15 is 0 Å². The van der Waals surface area contributed by atoms with Crippen LogP contribution in [-0.2, 0) is 11.0 Å². The lowest BCUT2D eigenvalue weighted by molar-refractivity contribution is -0.136. The first-order valence-corrected chi connectivity index (χ1v) is 9.05. The van der Waals surface area contributed by atoms with Crippen molar-refractivity contribution >= 4 is 23.3 Å². The van der Waals surface area contributed by atoms with Gasteiger partial charge in [-0.3, -0.25) is 4.79 Å². The molecule has 0 aromatic heterocycles. The average Bonchev–Trinajstić information content (AvgIpc) is 3.02. The van der Waals surface area contributed by atoms with Gasteiger partial charge in [0, 0.05) is 18.7 Å². The maximum absolute atomic E-state index is 13.0. The number of carbonyl (C=O) groups excluding carboxylic acids is 2. The molecule has 1 aliphatic rings. The lowest BCUT2D eigenvalue weighted by Crippen LogP contribution is -2.40. The van der Waals surface area contributed by atoms with Crippen LogP contribution in [0.3, 0.4) is 0 Å². The Kier molecular flexibility index (Phi) is 5.95. The fourth-order valence-electron chi connectivity index (χ4n) is 3.13. The van der Waals surface area contributed by atoms with Crippen LogP contribution in [0.1, 0.15) is 18.9 Å². The molecule has 2 aromatic rings. The zero-order valence-corrected chi connectivity index (χ0v) is 15.6. The molecule has 0 saturated carbocycles. The van der Waals surface area contributed by atoms with Gasteiger partial charge in [0.1, 0.15) is 5.75 Å². The fourth-order valence-corrected chi connectivity index (χ4v) is 3.13. The molecular formula is C20H20F3N3O3. The van der Waals surface area contributed by atoms with Gasteiger partial charge in [-0.05, 0) is 43.3 Å². The van der Waals surface area contributed by atoms with E-state index in [2.05, 4.69) is 10.6 Å². The molecule has 2 aromatic carbocycles. The first kappa shape index (κ1) is 20.5. The van der Waals surface area contributed by atoms with Crippen LogP contribution in [0.4, 0.5) is 29.3 Å². The third-order valence-corrected chi connectivity index (χ3v) is 4.40. The molecule has 1 unspecified atom stereocenters. The maximum atomic E-state index is 13.0. The highest BCUT2D eigenvalue weighted by Crippen LogP contribution is 2.34. The summed E-state index contributed by atoms with van der Waals surface area (Å²) in [6, 6.07) is 10.4. The summed E-state index contributed by atoms with van der Waals surface area (Å²) < 4.78 is 44.5. The normalized spacial score (nSPS) is 16.6. The van der Waals surface area contributed by atoms with E-state index < -0.39 is 23.8 Å². The second kappa shape index (κ2) is 8.42. The summed E-state index contributed by atoms with van der Waals surface area (Å²) in [6.07, 6.45) is -4.53. The van der Waals surface area contributed by atoms with Crippen LogP contribution in [0.15, 0.2) is 48.5 Å². The Hall–Kier alpha value is -3.23. The van der Waals surface area contributed by atoms with Crippen LogP contribution in [0, 0.1) is 0 Å². The number of rotatable bonds is 5. The summed E-state index contributed by atoms with van der Waals surface area (Å²) in [4.78, 5) is 26.0. The van der Waals surface area contributed by atoms with E-state index in [1.165, 1.54) is 23.1 Å². The Bertz CT molecular complexity index is 885. The Labute approximate surface area is 165 Å². The second-order valence-electron chi connectivity index (χ2n) is 6.47. The number of para-hydroxylation sites is 1. The van der Waals surface area contributed by atoms with Crippen LogP contribution in [0.25, 0.3) is 0 Å². The predicted molar refractivity (Wildman–Crippen MR) is 102 cm³/mol. The van der Waals surface area contributed by atoms with Crippen molar-refractivity contribution in [3.8, 4) is 5.75 Å². The minimum Gasteiger partial charge on any atom is -0.494 e. The lowest BCUT2D eigenvalue weighted by Gasteiger charge is -2.18. The standard InChI is InChI=1S/C20H20F3N3O3/c1-2-29-15-9-7-14(8-10-15)26-12-13(11-18(26)27)24-19(28)25-17-6-4-3-5-16(17)20(21,22)23/h3-10,13H,2,11-12H2,1H3,(H2,24,25,28). The molecule has 0 radical (unpaired) electrons. The van der Waals surface area contributed by atoms with Crippen LogP contribution in [-0.4, -0.2) is 31.1 Å². The van der Waals surface area contributed by atoms with Crippen LogP contribution in [0.5, 0.6) is 5.75 Å². The number of amides is 3. The minimum absolute atomic E-state index is 0.0571. The van der Waals surface area contributed by atoms with Crippen molar-refractivity contribution < 1.29 is 27.5 Å². The minimum atomic E-state index is -4.59. The highest BCUT2D eigenvalue weighted by Gasteiger charge is 2.35. The molecule has 1 saturated heterocycles. The fraction of sp³-hybridized carbons (Fsp3) is 0.300. The van der Waals surface area contributed by atoms with Gasteiger partial charge < -0.3 is 20.3 Å². The SMILES string of the molecule is CCOc1ccc(N2CC(NC(=O)Nc3ccccc3C(F)(F)F)CC2=O)cc1. The molecule has 154 valence electrons. The Morgan fingerprint density at radius 1 is 1.17 bits per heavy atom. The van der Waals surface area contributed by atoms with Crippen molar-refractivity contribution in [2.75, 3.05) is 23.4 Å². The topological polar surface area (TPSA) is 70.7 Å². The van der Waals surface area contributed by atoms with Gasteiger partial charge in [0.05, 0.1) is 23.9 Å². The van der Waals surface area contributed by atoms with Crippen molar-refractivity contribution in [1.82, 2.24) is 5.32 Å². The van der Waals surface area contributed by atoms with Crippen molar-refractivity contribution in [3.05, 3.63) is 54.1 Å². The van der Waals surface area contributed by atoms with Crippen molar-refractivity contribution in [3.63, 3.8) is 0 Å². The molecule has 2 N–H and O–H groups in total. The summed E-state index contributed by atoms with van der Waals surface area (Å²) >= 11 is 0. The molecule has 3 amide bonds. The number of hydrogen-bond acceptors (Lipinski definition) is 3. The van der Waals surface area contributed by atoms with Crippen LogP contribution >= 0.6 is 0 Å². The molecule has 0 aliphatic carbocycles. The predicted octanol–water partition coefficient (Wildman–Crippen LogP) is 4.03. The van der Waals surface area contributed by atoms with Gasteiger partial charge in [-0.25, -0.2) is 4.79 Å².